The minimum atomic E-state index is -1.26. The van der Waals surface area contributed by atoms with E-state index in [2.05, 4.69) is 46.8 Å². The zero-order valence-corrected chi connectivity index (χ0v) is 29.2. The Kier molecular flexibility index (Phi) is 8.72. The predicted octanol–water partition coefficient (Wildman–Crippen LogP) is 4.70. The summed E-state index contributed by atoms with van der Waals surface area (Å²) in [5, 5.41) is 0. The summed E-state index contributed by atoms with van der Waals surface area (Å²) in [6.07, 6.45) is 1.84. The zero-order valence-electron chi connectivity index (χ0n) is 28.2. The van der Waals surface area contributed by atoms with Crippen molar-refractivity contribution in [1.29, 1.82) is 0 Å². The van der Waals surface area contributed by atoms with E-state index in [9.17, 15) is 4.79 Å². The number of imidazole rings is 2. The fourth-order valence-electron chi connectivity index (χ4n) is 6.47. The van der Waals surface area contributed by atoms with Gasteiger partial charge in [0.1, 0.15) is 30.5 Å². The van der Waals surface area contributed by atoms with Crippen LogP contribution in [0.3, 0.4) is 0 Å². The summed E-state index contributed by atoms with van der Waals surface area (Å²) in [7, 11) is 0.839. The smallest absolute Gasteiger partial charge is 0.320 e. The number of ether oxygens (including phenoxy) is 2. The molecule has 1 fully saturated rings. The van der Waals surface area contributed by atoms with E-state index >= 15 is 0 Å². The van der Waals surface area contributed by atoms with E-state index in [4.69, 9.17) is 29.4 Å². The highest BCUT2D eigenvalue weighted by atomic mass is 28.3. The summed E-state index contributed by atoms with van der Waals surface area (Å²) >= 11 is 0. The molecule has 0 saturated carbocycles. The molecule has 0 atom stereocenters. The molecule has 7 rings (SSSR count). The Morgan fingerprint density at radius 3 is 2.60 bits per heavy atom. The van der Waals surface area contributed by atoms with Crippen LogP contribution in [0.2, 0.25) is 25.7 Å². The van der Waals surface area contributed by atoms with Crippen molar-refractivity contribution in [1.82, 2.24) is 43.8 Å². The molecule has 1 saturated heterocycles. The van der Waals surface area contributed by atoms with E-state index in [1.165, 1.54) is 0 Å². The molecule has 12 nitrogen and oxygen atoms in total. The van der Waals surface area contributed by atoms with Crippen LogP contribution in [0, 0.1) is 6.92 Å². The number of aryl methyl sites for hydroxylation is 1. The quantitative estimate of drug-likeness (QED) is 0.199. The molecular weight excluding hydrogens is 611 g/mol. The van der Waals surface area contributed by atoms with Gasteiger partial charge in [0.2, 0.25) is 0 Å². The summed E-state index contributed by atoms with van der Waals surface area (Å²) in [6, 6.07) is 11.3. The molecule has 47 heavy (non-hydrogen) atoms. The van der Waals surface area contributed by atoms with Gasteiger partial charge in [0, 0.05) is 64.9 Å². The molecule has 2 amide bonds. The molecule has 0 aromatic carbocycles. The molecular formula is C34H45N9O3Si. The maximum Gasteiger partial charge on any atom is 0.320 e. The number of nitrogens with zero attached hydrogens (tertiary/aromatic N) is 9. The Labute approximate surface area is 277 Å². The van der Waals surface area contributed by atoms with Gasteiger partial charge in [-0.3, -0.25) is 9.97 Å². The number of rotatable bonds is 8. The summed E-state index contributed by atoms with van der Waals surface area (Å²) in [4.78, 5) is 39.4. The molecule has 0 spiro atoms. The number of aromatic nitrogens is 6. The zero-order chi connectivity index (χ0) is 32.7. The molecule has 7 heterocycles. The lowest BCUT2D eigenvalue weighted by molar-refractivity contribution is 0.0821. The summed E-state index contributed by atoms with van der Waals surface area (Å²) in [5.74, 6) is 1.65. The molecule has 4 aromatic heterocycles. The van der Waals surface area contributed by atoms with Gasteiger partial charge in [-0.25, -0.2) is 14.8 Å². The third kappa shape index (κ3) is 6.62. The van der Waals surface area contributed by atoms with E-state index < -0.39 is 8.07 Å². The number of likely N-dealkylation sites (N-methyl/N-ethyl adjacent to an activating group) is 1. The summed E-state index contributed by atoms with van der Waals surface area (Å²) < 4.78 is 16.4. The highest BCUT2D eigenvalue weighted by Crippen LogP contribution is 2.36. The first kappa shape index (κ1) is 31.7. The number of carbonyl (C=O) groups is 1. The van der Waals surface area contributed by atoms with Crippen LogP contribution in [0.1, 0.15) is 22.9 Å². The third-order valence-corrected chi connectivity index (χ3v) is 10.9. The number of fused-ring (bicyclic) bond motifs is 2. The molecule has 0 N–H and O–H groups in total. The molecule has 0 bridgehead atoms. The molecule has 13 heteroatoms. The topological polar surface area (TPSA) is 107 Å². The largest absolute Gasteiger partial charge is 0.372 e. The Morgan fingerprint density at radius 1 is 0.979 bits per heavy atom. The first-order chi connectivity index (χ1) is 22.6. The summed E-state index contributed by atoms with van der Waals surface area (Å²) in [5.41, 5.74) is 7.30. The maximum atomic E-state index is 13.5. The third-order valence-electron chi connectivity index (χ3n) is 9.23. The van der Waals surface area contributed by atoms with E-state index in [0.29, 0.717) is 46.2 Å². The van der Waals surface area contributed by atoms with Crippen LogP contribution in [-0.2, 0) is 42.4 Å². The van der Waals surface area contributed by atoms with Crippen LogP contribution in [-0.4, -0.2) is 104 Å². The lowest BCUT2D eigenvalue weighted by Crippen LogP contribution is -2.50. The standard InChI is InChI=1S/C34H45N9O3Si/c1-24-7-6-8-26(36-24)31-32(42-15-16-45-22-30(42)38-31)25-9-10-35-27(19-25)33-37-28-20-41(34(44)40-13-11-39(2)12-14-40)21-29(28)43(33)23-46-17-18-47(3,4)5/h6-10,19H,11-18,20-23H2,1-5H3. The first-order valence-electron chi connectivity index (χ1n) is 16.6. The van der Waals surface area contributed by atoms with Gasteiger partial charge in [-0.2, -0.15) is 0 Å². The number of hydrogen-bond acceptors (Lipinski definition) is 8. The highest BCUT2D eigenvalue weighted by molar-refractivity contribution is 6.76. The molecule has 0 aliphatic carbocycles. The Balaban J connectivity index is 1.23. The van der Waals surface area contributed by atoms with Crippen molar-refractivity contribution in [3.8, 4) is 34.2 Å². The second-order valence-corrected chi connectivity index (χ2v) is 19.7. The number of amides is 2. The second-order valence-electron chi connectivity index (χ2n) is 14.1. The second kappa shape index (κ2) is 12.9. The van der Waals surface area contributed by atoms with Crippen molar-refractivity contribution < 1.29 is 14.3 Å². The molecule has 248 valence electrons. The van der Waals surface area contributed by atoms with E-state index in [1.54, 1.807) is 0 Å². The van der Waals surface area contributed by atoms with Crippen molar-refractivity contribution in [3.63, 3.8) is 0 Å². The maximum absolute atomic E-state index is 13.5. The van der Waals surface area contributed by atoms with Crippen LogP contribution in [0.5, 0.6) is 0 Å². The van der Waals surface area contributed by atoms with E-state index in [1.807, 2.05) is 47.2 Å². The fraction of sp³-hybridized carbons (Fsp3) is 0.500. The van der Waals surface area contributed by atoms with Crippen molar-refractivity contribution in [2.45, 2.75) is 65.6 Å². The van der Waals surface area contributed by atoms with Gasteiger partial charge in [0.05, 0.1) is 42.5 Å². The number of urea groups is 1. The lowest BCUT2D eigenvalue weighted by atomic mass is 10.1. The predicted molar refractivity (Wildman–Crippen MR) is 182 cm³/mol. The molecule has 3 aliphatic rings. The lowest BCUT2D eigenvalue weighted by Gasteiger charge is -2.34. The van der Waals surface area contributed by atoms with Gasteiger partial charge < -0.3 is 33.3 Å². The van der Waals surface area contributed by atoms with Gasteiger partial charge in [0.15, 0.2) is 5.82 Å². The molecule has 3 aliphatic heterocycles. The number of hydrogen-bond donors (Lipinski definition) is 0. The fourth-order valence-corrected chi connectivity index (χ4v) is 7.23. The van der Waals surface area contributed by atoms with Gasteiger partial charge in [-0.05, 0) is 44.3 Å². The van der Waals surface area contributed by atoms with Crippen LogP contribution < -0.4 is 0 Å². The van der Waals surface area contributed by atoms with Gasteiger partial charge in [-0.1, -0.05) is 25.7 Å². The SMILES string of the molecule is Cc1cccc(-c2nc3n(c2-c2ccnc(-c4nc5c(n4COCC[Si](C)(C)C)CN(C(=O)N4CCN(C)CC4)C5)c2)CCOC3)n1. The minimum Gasteiger partial charge on any atom is -0.372 e. The Morgan fingerprint density at radius 2 is 1.81 bits per heavy atom. The molecule has 0 unspecified atom stereocenters. The van der Waals surface area contributed by atoms with Crippen LogP contribution in [0.25, 0.3) is 34.2 Å². The number of pyridine rings is 2. The monoisotopic (exact) mass is 655 g/mol. The summed E-state index contributed by atoms with van der Waals surface area (Å²) in [6.45, 7) is 16.2. The van der Waals surface area contributed by atoms with Gasteiger partial charge >= 0.3 is 6.03 Å². The van der Waals surface area contributed by atoms with Crippen molar-refractivity contribution in [3.05, 3.63) is 59.4 Å². The minimum absolute atomic E-state index is 0.0794. The normalized spacial score (nSPS) is 16.9. The average molecular weight is 656 g/mol. The number of piperazine rings is 1. The van der Waals surface area contributed by atoms with Gasteiger partial charge in [-0.15, -0.1) is 0 Å². The van der Waals surface area contributed by atoms with Gasteiger partial charge in [0.25, 0.3) is 0 Å². The first-order valence-corrected chi connectivity index (χ1v) is 20.3. The van der Waals surface area contributed by atoms with E-state index in [0.717, 1.165) is 89.3 Å². The Hall–Kier alpha value is -3.91. The van der Waals surface area contributed by atoms with Crippen LogP contribution >= 0.6 is 0 Å². The Bertz CT molecular complexity index is 1770. The van der Waals surface area contributed by atoms with E-state index in [-0.39, 0.29) is 6.03 Å². The number of carbonyl (C=O) groups excluding carboxylic acids is 1. The molecule has 4 aromatic rings. The molecule has 0 radical (unpaired) electrons. The van der Waals surface area contributed by atoms with Crippen molar-refractivity contribution >= 4 is 14.1 Å². The van der Waals surface area contributed by atoms with Crippen molar-refractivity contribution in [2.24, 2.45) is 0 Å². The highest BCUT2D eigenvalue weighted by Gasteiger charge is 2.34. The van der Waals surface area contributed by atoms with Crippen LogP contribution in [0.4, 0.5) is 4.79 Å². The average Bonchev–Trinajstić information content (AvgIpc) is 3.74. The van der Waals surface area contributed by atoms with Crippen molar-refractivity contribution in [2.75, 3.05) is 46.4 Å². The van der Waals surface area contributed by atoms with Crippen LogP contribution in [0.15, 0.2) is 36.5 Å².